The molecule has 0 atom stereocenters. The van der Waals surface area contributed by atoms with Crippen molar-refractivity contribution in [3.8, 4) is 0 Å². The molecule has 0 spiro atoms. The fraction of sp³-hybridized carbons (Fsp3) is 0.444. The SMILES string of the molecule is FC1(F)CCN(c2ncc(Cl)cc2Cl)C1. The van der Waals surface area contributed by atoms with Crippen LogP contribution in [-0.4, -0.2) is 24.0 Å². The zero-order valence-corrected chi connectivity index (χ0v) is 9.19. The molecule has 82 valence electrons. The Kier molecular flexibility index (Phi) is 2.73. The summed E-state index contributed by atoms with van der Waals surface area (Å²) in [6.45, 7) is -0.0668. The Hall–Kier alpha value is -0.610. The van der Waals surface area contributed by atoms with Crippen LogP contribution in [0.1, 0.15) is 6.42 Å². The van der Waals surface area contributed by atoms with E-state index >= 15 is 0 Å². The standard InChI is InChI=1S/C9H8Cl2F2N2/c10-6-3-7(11)8(14-4-6)15-2-1-9(12,13)5-15/h3-4H,1-2,5H2. The smallest absolute Gasteiger partial charge is 0.266 e. The first-order chi connectivity index (χ1) is 6.98. The van der Waals surface area contributed by atoms with Gasteiger partial charge in [0.1, 0.15) is 5.82 Å². The second-order valence-electron chi connectivity index (χ2n) is 3.49. The van der Waals surface area contributed by atoms with Crippen molar-refractivity contribution >= 4 is 29.0 Å². The summed E-state index contributed by atoms with van der Waals surface area (Å²) in [6.07, 6.45) is 1.24. The maximum Gasteiger partial charge on any atom is 0.266 e. The summed E-state index contributed by atoms with van der Waals surface area (Å²) in [7, 11) is 0. The highest BCUT2D eigenvalue weighted by Gasteiger charge is 2.39. The molecule has 0 amide bonds. The average molecular weight is 253 g/mol. The number of anilines is 1. The summed E-state index contributed by atoms with van der Waals surface area (Å²) in [5, 5.41) is 0.704. The van der Waals surface area contributed by atoms with E-state index in [1.165, 1.54) is 17.2 Å². The molecule has 1 aromatic rings. The molecule has 0 aromatic carbocycles. The maximum absolute atomic E-state index is 13.0. The van der Waals surface area contributed by atoms with Crippen molar-refractivity contribution in [3.63, 3.8) is 0 Å². The van der Waals surface area contributed by atoms with Crippen LogP contribution in [0.3, 0.4) is 0 Å². The van der Waals surface area contributed by atoms with Crippen LogP contribution < -0.4 is 4.90 Å². The highest BCUT2D eigenvalue weighted by atomic mass is 35.5. The summed E-state index contributed by atoms with van der Waals surface area (Å²) in [5.41, 5.74) is 0. The number of nitrogens with zero attached hydrogens (tertiary/aromatic N) is 2. The molecular formula is C9H8Cl2F2N2. The van der Waals surface area contributed by atoms with E-state index in [4.69, 9.17) is 23.2 Å². The van der Waals surface area contributed by atoms with Gasteiger partial charge < -0.3 is 4.90 Å². The third kappa shape index (κ3) is 2.32. The van der Waals surface area contributed by atoms with Gasteiger partial charge in [0.2, 0.25) is 0 Å². The lowest BCUT2D eigenvalue weighted by Crippen LogP contribution is -2.25. The molecule has 0 aliphatic carbocycles. The van der Waals surface area contributed by atoms with E-state index in [1.54, 1.807) is 0 Å². The number of halogens is 4. The van der Waals surface area contributed by atoms with E-state index < -0.39 is 5.92 Å². The van der Waals surface area contributed by atoms with E-state index in [2.05, 4.69) is 4.98 Å². The van der Waals surface area contributed by atoms with Crippen molar-refractivity contribution in [3.05, 3.63) is 22.3 Å². The van der Waals surface area contributed by atoms with Crippen molar-refractivity contribution in [2.75, 3.05) is 18.0 Å². The lowest BCUT2D eigenvalue weighted by atomic mass is 10.3. The summed E-state index contributed by atoms with van der Waals surface area (Å²) in [4.78, 5) is 5.42. The van der Waals surface area contributed by atoms with Gasteiger partial charge in [0, 0.05) is 19.2 Å². The Morgan fingerprint density at radius 3 is 2.67 bits per heavy atom. The summed E-state index contributed by atoms with van der Waals surface area (Å²) in [6, 6.07) is 1.50. The molecule has 2 rings (SSSR count). The summed E-state index contributed by atoms with van der Waals surface area (Å²) >= 11 is 11.5. The molecule has 1 aliphatic heterocycles. The van der Waals surface area contributed by atoms with Gasteiger partial charge in [-0.2, -0.15) is 0 Å². The molecule has 0 N–H and O–H groups in total. The zero-order valence-electron chi connectivity index (χ0n) is 7.68. The van der Waals surface area contributed by atoms with Crippen molar-refractivity contribution in [2.24, 2.45) is 0 Å². The lowest BCUT2D eigenvalue weighted by Gasteiger charge is -2.18. The second kappa shape index (κ2) is 3.76. The highest BCUT2D eigenvalue weighted by molar-refractivity contribution is 6.36. The van der Waals surface area contributed by atoms with Crippen LogP contribution in [0.5, 0.6) is 0 Å². The Labute approximate surface area is 95.8 Å². The normalized spacial score (nSPS) is 19.6. The summed E-state index contributed by atoms with van der Waals surface area (Å²) in [5.74, 6) is -2.27. The average Bonchev–Trinajstić information content (AvgIpc) is 2.46. The Balaban J connectivity index is 2.24. The quantitative estimate of drug-likeness (QED) is 0.763. The van der Waals surface area contributed by atoms with Gasteiger partial charge in [0.15, 0.2) is 0 Å². The molecule has 0 bridgehead atoms. The maximum atomic E-state index is 13.0. The van der Waals surface area contributed by atoms with Gasteiger partial charge in [-0.1, -0.05) is 23.2 Å². The van der Waals surface area contributed by atoms with Gasteiger partial charge in [-0.25, -0.2) is 13.8 Å². The van der Waals surface area contributed by atoms with Crippen molar-refractivity contribution in [2.45, 2.75) is 12.3 Å². The van der Waals surface area contributed by atoms with E-state index in [0.717, 1.165) is 0 Å². The molecule has 0 radical (unpaired) electrons. The Bertz CT molecular complexity index is 384. The Morgan fingerprint density at radius 2 is 2.13 bits per heavy atom. The lowest BCUT2D eigenvalue weighted by molar-refractivity contribution is 0.0257. The number of pyridine rings is 1. The molecule has 1 saturated heterocycles. The predicted molar refractivity (Wildman–Crippen MR) is 56.0 cm³/mol. The fourth-order valence-corrected chi connectivity index (χ4v) is 2.06. The van der Waals surface area contributed by atoms with Gasteiger partial charge in [0.05, 0.1) is 16.6 Å². The molecular weight excluding hydrogens is 245 g/mol. The minimum atomic E-state index is -2.65. The van der Waals surface area contributed by atoms with E-state index in [1.807, 2.05) is 0 Å². The predicted octanol–water partition coefficient (Wildman–Crippen LogP) is 3.23. The van der Waals surface area contributed by atoms with E-state index in [-0.39, 0.29) is 19.5 Å². The molecule has 6 heteroatoms. The van der Waals surface area contributed by atoms with Crippen LogP contribution in [0.4, 0.5) is 14.6 Å². The molecule has 0 unspecified atom stereocenters. The minimum absolute atomic E-state index is 0.159. The molecule has 1 fully saturated rings. The summed E-state index contributed by atoms with van der Waals surface area (Å²) < 4.78 is 25.9. The number of hydrogen-bond donors (Lipinski definition) is 0. The second-order valence-corrected chi connectivity index (χ2v) is 4.33. The van der Waals surface area contributed by atoms with Gasteiger partial charge >= 0.3 is 0 Å². The molecule has 1 aromatic heterocycles. The van der Waals surface area contributed by atoms with Crippen molar-refractivity contribution < 1.29 is 8.78 Å². The molecule has 2 nitrogen and oxygen atoms in total. The van der Waals surface area contributed by atoms with Crippen LogP contribution >= 0.6 is 23.2 Å². The first-order valence-electron chi connectivity index (χ1n) is 4.42. The number of rotatable bonds is 1. The van der Waals surface area contributed by atoms with Crippen molar-refractivity contribution in [1.29, 1.82) is 0 Å². The largest absolute Gasteiger partial charge is 0.349 e. The van der Waals surface area contributed by atoms with Gasteiger partial charge in [-0.15, -0.1) is 0 Å². The number of alkyl halides is 2. The first-order valence-corrected chi connectivity index (χ1v) is 5.17. The van der Waals surface area contributed by atoms with E-state index in [9.17, 15) is 8.78 Å². The van der Waals surface area contributed by atoms with Crippen LogP contribution in [0, 0.1) is 0 Å². The topological polar surface area (TPSA) is 16.1 Å². The molecule has 1 aliphatic rings. The number of aromatic nitrogens is 1. The molecule has 0 saturated carbocycles. The van der Waals surface area contributed by atoms with Crippen LogP contribution in [0.15, 0.2) is 12.3 Å². The fourth-order valence-electron chi connectivity index (χ4n) is 1.56. The third-order valence-electron chi connectivity index (χ3n) is 2.26. The minimum Gasteiger partial charge on any atom is -0.349 e. The van der Waals surface area contributed by atoms with Crippen molar-refractivity contribution in [1.82, 2.24) is 4.98 Å². The van der Waals surface area contributed by atoms with Crippen LogP contribution in [0.2, 0.25) is 10.0 Å². The highest BCUT2D eigenvalue weighted by Crippen LogP contribution is 2.33. The molecule has 2 heterocycles. The first kappa shape index (κ1) is 10.9. The van der Waals surface area contributed by atoms with Crippen LogP contribution in [0.25, 0.3) is 0 Å². The number of hydrogen-bond acceptors (Lipinski definition) is 2. The third-order valence-corrected chi connectivity index (χ3v) is 2.74. The van der Waals surface area contributed by atoms with E-state index in [0.29, 0.717) is 15.9 Å². The van der Waals surface area contributed by atoms with Gasteiger partial charge in [-0.05, 0) is 6.07 Å². The van der Waals surface area contributed by atoms with Gasteiger partial charge in [-0.3, -0.25) is 0 Å². The molecule has 15 heavy (non-hydrogen) atoms. The van der Waals surface area contributed by atoms with Crippen LogP contribution in [-0.2, 0) is 0 Å². The monoisotopic (exact) mass is 252 g/mol. The van der Waals surface area contributed by atoms with Gasteiger partial charge in [0.25, 0.3) is 5.92 Å². The zero-order chi connectivity index (χ0) is 11.1. The Morgan fingerprint density at radius 1 is 1.40 bits per heavy atom.